The van der Waals surface area contributed by atoms with Crippen LogP contribution in [0.15, 0.2) is 63.9 Å². The molecule has 0 saturated carbocycles. The number of aromatic nitrogens is 2. The lowest BCUT2D eigenvalue weighted by Gasteiger charge is -2.39. The second kappa shape index (κ2) is 7.44. The number of H-pyrrole nitrogens is 1. The van der Waals surface area contributed by atoms with Crippen LogP contribution in [0.2, 0.25) is 10.0 Å². The number of aromatic amines is 1. The molecule has 0 aliphatic carbocycles. The Morgan fingerprint density at radius 1 is 1.13 bits per heavy atom. The lowest BCUT2D eigenvalue weighted by atomic mass is 9.81. The summed E-state index contributed by atoms with van der Waals surface area (Å²) in [5, 5.41) is 3.91. The summed E-state index contributed by atoms with van der Waals surface area (Å²) in [5.74, 6) is -0.356. The topological polar surface area (TPSA) is 97.2 Å². The lowest BCUT2D eigenvalue weighted by molar-refractivity contribution is 0.0884. The number of hydrogen-bond donors (Lipinski definition) is 2. The first-order valence-corrected chi connectivity index (χ1v) is 10.2. The first kappa shape index (κ1) is 19.7. The van der Waals surface area contributed by atoms with Crippen LogP contribution >= 0.6 is 23.2 Å². The molecule has 4 aromatic rings. The number of carbonyl (C=O) groups is 1. The summed E-state index contributed by atoms with van der Waals surface area (Å²) in [5.41, 5.74) is 1.49. The molecule has 2 aromatic carbocycles. The maximum Gasteiger partial charge on any atom is 0.417 e. The van der Waals surface area contributed by atoms with Crippen molar-refractivity contribution < 1.29 is 13.9 Å². The predicted octanol–water partition coefficient (Wildman–Crippen LogP) is 4.28. The third kappa shape index (κ3) is 3.36. The Balaban J connectivity index is 1.63. The smallest absolute Gasteiger partial charge is 0.417 e. The average molecular weight is 456 g/mol. The molecule has 0 saturated heterocycles. The van der Waals surface area contributed by atoms with Crippen LogP contribution in [0.5, 0.6) is 5.75 Å². The van der Waals surface area contributed by atoms with Gasteiger partial charge < -0.3 is 14.5 Å². The molecule has 2 aromatic heterocycles. The Bertz CT molecular complexity index is 1380. The number of oxazole rings is 1. The molecule has 1 amide bonds. The summed E-state index contributed by atoms with van der Waals surface area (Å²) < 4.78 is 10.8. The fraction of sp³-hybridized carbons (Fsp3) is 0.136. The van der Waals surface area contributed by atoms with Crippen LogP contribution in [0.25, 0.3) is 11.1 Å². The van der Waals surface area contributed by atoms with E-state index in [1.54, 1.807) is 42.6 Å². The van der Waals surface area contributed by atoms with E-state index in [-0.39, 0.29) is 5.91 Å². The highest BCUT2D eigenvalue weighted by Gasteiger charge is 2.42. The first-order valence-electron chi connectivity index (χ1n) is 9.45. The van der Waals surface area contributed by atoms with Gasteiger partial charge in [0.1, 0.15) is 17.0 Å². The van der Waals surface area contributed by atoms with Crippen LogP contribution in [0.4, 0.5) is 0 Å². The molecular formula is C22H15Cl2N3O4. The van der Waals surface area contributed by atoms with Crippen LogP contribution in [-0.4, -0.2) is 22.5 Å². The van der Waals surface area contributed by atoms with Gasteiger partial charge in [-0.3, -0.25) is 14.8 Å². The molecule has 1 atom stereocenters. The monoisotopic (exact) mass is 455 g/mol. The van der Waals surface area contributed by atoms with Crippen LogP contribution in [0, 0.1) is 0 Å². The zero-order valence-electron chi connectivity index (χ0n) is 15.9. The summed E-state index contributed by atoms with van der Waals surface area (Å²) in [6.45, 7) is 0.368. The van der Waals surface area contributed by atoms with E-state index in [4.69, 9.17) is 32.4 Å². The second-order valence-electron chi connectivity index (χ2n) is 7.16. The van der Waals surface area contributed by atoms with Gasteiger partial charge >= 0.3 is 5.76 Å². The Hall–Kier alpha value is -3.29. The number of rotatable bonds is 3. The number of halogens is 2. The van der Waals surface area contributed by atoms with E-state index in [1.165, 1.54) is 0 Å². The van der Waals surface area contributed by atoms with Gasteiger partial charge in [0, 0.05) is 18.2 Å². The number of nitrogens with zero attached hydrogens (tertiary/aromatic N) is 1. The summed E-state index contributed by atoms with van der Waals surface area (Å²) in [6.07, 6.45) is 2.08. The SMILES string of the molecule is O=C(N[C@@]1(c2ccc(Cl)c(Cl)c2)CCOc2cccnc21)c1ccc2oc(=O)[nH]c2c1. The molecule has 0 spiro atoms. The second-order valence-corrected chi connectivity index (χ2v) is 7.98. The van der Waals surface area contributed by atoms with E-state index in [0.717, 1.165) is 5.56 Å². The summed E-state index contributed by atoms with van der Waals surface area (Å²) in [4.78, 5) is 31.9. The zero-order valence-corrected chi connectivity index (χ0v) is 17.5. The third-order valence-corrected chi connectivity index (χ3v) is 6.07. The maximum atomic E-state index is 13.3. The molecule has 1 aliphatic heterocycles. The largest absolute Gasteiger partial charge is 0.491 e. The van der Waals surface area contributed by atoms with E-state index in [0.29, 0.717) is 51.2 Å². The summed E-state index contributed by atoms with van der Waals surface area (Å²) in [7, 11) is 0. The van der Waals surface area contributed by atoms with Crippen molar-refractivity contribution in [2.75, 3.05) is 6.61 Å². The molecular weight excluding hydrogens is 441 g/mol. The van der Waals surface area contributed by atoms with Crippen LogP contribution in [0.1, 0.15) is 28.0 Å². The van der Waals surface area contributed by atoms with E-state index >= 15 is 0 Å². The quantitative estimate of drug-likeness (QED) is 0.480. The number of amides is 1. The zero-order chi connectivity index (χ0) is 21.6. The van der Waals surface area contributed by atoms with Gasteiger partial charge in [0.05, 0.1) is 22.2 Å². The van der Waals surface area contributed by atoms with Crippen molar-refractivity contribution in [2.24, 2.45) is 0 Å². The van der Waals surface area contributed by atoms with Crippen molar-refractivity contribution in [1.29, 1.82) is 0 Å². The molecule has 0 radical (unpaired) electrons. The highest BCUT2D eigenvalue weighted by atomic mass is 35.5. The van der Waals surface area contributed by atoms with Crippen LogP contribution in [-0.2, 0) is 5.54 Å². The molecule has 7 nitrogen and oxygen atoms in total. The number of fused-ring (bicyclic) bond motifs is 2. The molecule has 0 fully saturated rings. The minimum absolute atomic E-state index is 0.353. The first-order chi connectivity index (χ1) is 15.0. The van der Waals surface area contributed by atoms with Crippen molar-refractivity contribution in [3.63, 3.8) is 0 Å². The molecule has 156 valence electrons. The molecule has 1 aliphatic rings. The molecule has 9 heteroatoms. The molecule has 31 heavy (non-hydrogen) atoms. The van der Waals surface area contributed by atoms with Gasteiger partial charge in [-0.15, -0.1) is 0 Å². The fourth-order valence-electron chi connectivity index (χ4n) is 3.86. The molecule has 2 N–H and O–H groups in total. The summed E-state index contributed by atoms with van der Waals surface area (Å²) in [6, 6.07) is 13.5. The standard InChI is InChI=1S/C22H15Cl2N3O4/c23-14-5-4-13(11-15(14)24)22(7-9-30-18-2-1-8-25-19(18)22)27-20(28)12-3-6-17-16(10-12)26-21(29)31-17/h1-6,8,10-11H,7,9H2,(H,26,29)(H,27,28)/t22-/m1/s1. The molecule has 5 rings (SSSR count). The number of pyridine rings is 1. The Morgan fingerprint density at radius 3 is 2.84 bits per heavy atom. The van der Waals surface area contributed by atoms with Gasteiger partial charge in [0.15, 0.2) is 5.58 Å². The van der Waals surface area contributed by atoms with Gasteiger partial charge in [0.25, 0.3) is 5.91 Å². The van der Waals surface area contributed by atoms with E-state index < -0.39 is 11.3 Å². The van der Waals surface area contributed by atoms with Crippen LogP contribution in [0.3, 0.4) is 0 Å². The number of benzene rings is 2. The third-order valence-electron chi connectivity index (χ3n) is 5.33. The molecule has 0 bridgehead atoms. The Morgan fingerprint density at radius 2 is 2.00 bits per heavy atom. The Kier molecular flexibility index (Phi) is 4.72. The minimum atomic E-state index is -0.987. The van der Waals surface area contributed by atoms with E-state index in [2.05, 4.69) is 15.3 Å². The van der Waals surface area contributed by atoms with Crippen molar-refractivity contribution >= 4 is 40.2 Å². The van der Waals surface area contributed by atoms with Gasteiger partial charge in [0.2, 0.25) is 0 Å². The predicted molar refractivity (Wildman–Crippen MR) is 116 cm³/mol. The maximum absolute atomic E-state index is 13.3. The van der Waals surface area contributed by atoms with Gasteiger partial charge in [-0.05, 0) is 48.0 Å². The van der Waals surface area contributed by atoms with Crippen molar-refractivity contribution in [3.8, 4) is 5.75 Å². The highest BCUT2D eigenvalue weighted by molar-refractivity contribution is 6.42. The minimum Gasteiger partial charge on any atom is -0.491 e. The van der Waals surface area contributed by atoms with Gasteiger partial charge in [-0.25, -0.2) is 4.79 Å². The number of carbonyl (C=O) groups excluding carboxylic acids is 1. The van der Waals surface area contributed by atoms with Gasteiger partial charge in [-0.2, -0.15) is 0 Å². The lowest BCUT2D eigenvalue weighted by Crippen LogP contribution is -2.50. The van der Waals surface area contributed by atoms with Crippen molar-refractivity contribution in [3.05, 3.63) is 92.1 Å². The normalized spacial score (nSPS) is 17.7. The van der Waals surface area contributed by atoms with Crippen molar-refractivity contribution in [2.45, 2.75) is 12.0 Å². The van der Waals surface area contributed by atoms with Crippen molar-refractivity contribution in [1.82, 2.24) is 15.3 Å². The van der Waals surface area contributed by atoms with Gasteiger partial charge in [-0.1, -0.05) is 29.3 Å². The highest BCUT2D eigenvalue weighted by Crippen LogP contribution is 2.42. The average Bonchev–Trinajstić information content (AvgIpc) is 3.15. The number of nitrogens with one attached hydrogen (secondary N) is 2. The fourth-order valence-corrected chi connectivity index (χ4v) is 4.15. The number of ether oxygens (including phenoxy) is 1. The molecule has 0 unspecified atom stereocenters. The molecule has 3 heterocycles. The number of hydrogen-bond acceptors (Lipinski definition) is 5. The van der Waals surface area contributed by atoms with E-state index in [1.807, 2.05) is 12.1 Å². The Labute approximate surface area is 186 Å². The van der Waals surface area contributed by atoms with E-state index in [9.17, 15) is 9.59 Å². The van der Waals surface area contributed by atoms with Crippen LogP contribution < -0.4 is 15.8 Å². The summed E-state index contributed by atoms with van der Waals surface area (Å²) >= 11 is 12.4.